The molecule has 4 heteroatoms. The van der Waals surface area contributed by atoms with Gasteiger partial charge in [0.25, 0.3) is 0 Å². The normalized spacial score (nSPS) is 28.1. The first-order valence-electron chi connectivity index (χ1n) is 7.49. The summed E-state index contributed by atoms with van der Waals surface area (Å²) < 4.78 is 6.54. The van der Waals surface area contributed by atoms with Crippen LogP contribution in [0, 0.1) is 17.3 Å². The van der Waals surface area contributed by atoms with Gasteiger partial charge in [-0.3, -0.25) is 4.79 Å². The Bertz CT molecular complexity index is 515. The van der Waals surface area contributed by atoms with Crippen LogP contribution >= 0.6 is 15.9 Å². The lowest BCUT2D eigenvalue weighted by molar-refractivity contribution is -0.158. The number of benzene rings is 1. The van der Waals surface area contributed by atoms with Crippen molar-refractivity contribution in [2.45, 2.75) is 46.3 Å². The first-order valence-corrected chi connectivity index (χ1v) is 8.28. The van der Waals surface area contributed by atoms with Gasteiger partial charge in [0.1, 0.15) is 6.61 Å². The van der Waals surface area contributed by atoms with E-state index in [2.05, 4.69) is 36.7 Å². The number of esters is 1. The van der Waals surface area contributed by atoms with Gasteiger partial charge in [0.15, 0.2) is 0 Å². The Kier molecular flexibility index (Phi) is 5.10. The summed E-state index contributed by atoms with van der Waals surface area (Å²) in [5.74, 6) is 0.146. The number of ether oxygens (including phenoxy) is 1. The summed E-state index contributed by atoms with van der Waals surface area (Å²) in [6, 6.07) is 8.01. The SMILES string of the molecule is CC1C(N)CCC(C(=O)OCc2cccc(Br)c2)C1(C)C. The molecule has 1 saturated carbocycles. The van der Waals surface area contributed by atoms with Crippen LogP contribution in [0.4, 0.5) is 0 Å². The van der Waals surface area contributed by atoms with E-state index in [1.54, 1.807) is 0 Å². The van der Waals surface area contributed by atoms with Crippen molar-refractivity contribution in [2.24, 2.45) is 23.0 Å². The number of rotatable bonds is 3. The number of carbonyl (C=O) groups excluding carboxylic acids is 1. The highest BCUT2D eigenvalue weighted by Gasteiger charge is 2.45. The third kappa shape index (κ3) is 3.67. The standard InChI is InChI=1S/C17H24BrNO2/c1-11-15(19)8-7-14(17(11,2)3)16(20)21-10-12-5-4-6-13(18)9-12/h4-6,9,11,14-15H,7-8,10,19H2,1-3H3. The molecule has 3 nitrogen and oxygen atoms in total. The molecule has 1 aliphatic rings. The highest BCUT2D eigenvalue weighted by molar-refractivity contribution is 9.10. The maximum absolute atomic E-state index is 12.4. The molecule has 0 radical (unpaired) electrons. The second kappa shape index (κ2) is 6.49. The largest absolute Gasteiger partial charge is 0.461 e. The zero-order valence-electron chi connectivity index (χ0n) is 12.9. The molecule has 116 valence electrons. The Balaban J connectivity index is 2.00. The van der Waals surface area contributed by atoms with Crippen LogP contribution in [0.1, 0.15) is 39.2 Å². The molecule has 0 amide bonds. The Labute approximate surface area is 135 Å². The van der Waals surface area contributed by atoms with Crippen LogP contribution in [-0.4, -0.2) is 12.0 Å². The van der Waals surface area contributed by atoms with Crippen LogP contribution in [0.5, 0.6) is 0 Å². The van der Waals surface area contributed by atoms with E-state index in [0.717, 1.165) is 22.9 Å². The van der Waals surface area contributed by atoms with Crippen molar-refractivity contribution >= 4 is 21.9 Å². The maximum atomic E-state index is 12.4. The minimum atomic E-state index is -0.119. The fourth-order valence-corrected chi connectivity index (χ4v) is 3.60. The predicted octanol–water partition coefficient (Wildman–Crippen LogP) is 3.89. The summed E-state index contributed by atoms with van der Waals surface area (Å²) in [4.78, 5) is 12.4. The zero-order chi connectivity index (χ0) is 15.6. The van der Waals surface area contributed by atoms with Gasteiger partial charge in [0, 0.05) is 10.5 Å². The quantitative estimate of drug-likeness (QED) is 0.838. The summed E-state index contributed by atoms with van der Waals surface area (Å²) in [7, 11) is 0. The molecule has 0 spiro atoms. The van der Waals surface area contributed by atoms with Crippen LogP contribution in [0.3, 0.4) is 0 Å². The third-order valence-corrected chi connectivity index (χ3v) is 5.55. The number of hydrogen-bond donors (Lipinski definition) is 1. The molecule has 21 heavy (non-hydrogen) atoms. The summed E-state index contributed by atoms with van der Waals surface area (Å²) in [6.45, 7) is 6.72. The number of hydrogen-bond acceptors (Lipinski definition) is 3. The molecular formula is C17H24BrNO2. The van der Waals surface area contributed by atoms with Gasteiger partial charge in [-0.1, -0.05) is 48.8 Å². The van der Waals surface area contributed by atoms with E-state index in [9.17, 15) is 4.79 Å². The molecular weight excluding hydrogens is 330 g/mol. The average Bonchev–Trinajstić information content (AvgIpc) is 2.42. The molecule has 0 saturated heterocycles. The monoisotopic (exact) mass is 353 g/mol. The molecule has 2 rings (SSSR count). The second-order valence-corrected chi connectivity index (χ2v) is 7.56. The van der Waals surface area contributed by atoms with Crippen molar-refractivity contribution in [3.63, 3.8) is 0 Å². The first kappa shape index (κ1) is 16.5. The molecule has 3 atom stereocenters. The lowest BCUT2D eigenvalue weighted by atomic mass is 9.61. The van der Waals surface area contributed by atoms with E-state index < -0.39 is 0 Å². The molecule has 0 bridgehead atoms. The zero-order valence-corrected chi connectivity index (χ0v) is 14.5. The summed E-state index contributed by atoms with van der Waals surface area (Å²) >= 11 is 3.42. The molecule has 0 heterocycles. The van der Waals surface area contributed by atoms with Crippen molar-refractivity contribution < 1.29 is 9.53 Å². The summed E-state index contributed by atoms with van der Waals surface area (Å²) in [5.41, 5.74) is 7.02. The van der Waals surface area contributed by atoms with Gasteiger partial charge in [-0.05, 0) is 41.9 Å². The second-order valence-electron chi connectivity index (χ2n) is 6.64. The van der Waals surface area contributed by atoms with Crippen LogP contribution in [0.2, 0.25) is 0 Å². The smallest absolute Gasteiger partial charge is 0.309 e. The van der Waals surface area contributed by atoms with Crippen molar-refractivity contribution in [1.82, 2.24) is 0 Å². The van der Waals surface area contributed by atoms with Crippen LogP contribution in [-0.2, 0) is 16.1 Å². The Morgan fingerprint density at radius 2 is 2.14 bits per heavy atom. The topological polar surface area (TPSA) is 52.3 Å². The number of nitrogens with two attached hydrogens (primary N) is 1. The van der Waals surface area contributed by atoms with Crippen LogP contribution in [0.25, 0.3) is 0 Å². The lowest BCUT2D eigenvalue weighted by Crippen LogP contribution is -2.49. The summed E-state index contributed by atoms with van der Waals surface area (Å²) in [6.07, 6.45) is 1.71. The lowest BCUT2D eigenvalue weighted by Gasteiger charge is -2.45. The Hall–Kier alpha value is -0.870. The van der Waals surface area contributed by atoms with Crippen molar-refractivity contribution in [1.29, 1.82) is 0 Å². The first-order chi connectivity index (χ1) is 9.82. The summed E-state index contributed by atoms with van der Waals surface area (Å²) in [5, 5.41) is 0. The Morgan fingerprint density at radius 3 is 2.81 bits per heavy atom. The maximum Gasteiger partial charge on any atom is 0.309 e. The van der Waals surface area contributed by atoms with E-state index in [0.29, 0.717) is 12.5 Å². The van der Waals surface area contributed by atoms with Crippen molar-refractivity contribution in [3.05, 3.63) is 34.3 Å². The molecule has 2 N–H and O–H groups in total. The fraction of sp³-hybridized carbons (Fsp3) is 0.588. The molecule has 1 aromatic carbocycles. The number of halogens is 1. The molecule has 1 aromatic rings. The van der Waals surface area contributed by atoms with E-state index >= 15 is 0 Å². The highest BCUT2D eigenvalue weighted by atomic mass is 79.9. The van der Waals surface area contributed by atoms with Gasteiger partial charge >= 0.3 is 5.97 Å². The Morgan fingerprint density at radius 1 is 1.43 bits per heavy atom. The fourth-order valence-electron chi connectivity index (χ4n) is 3.15. The van der Waals surface area contributed by atoms with Gasteiger partial charge < -0.3 is 10.5 Å². The van der Waals surface area contributed by atoms with Crippen molar-refractivity contribution in [3.8, 4) is 0 Å². The van der Waals surface area contributed by atoms with E-state index in [-0.39, 0.29) is 23.3 Å². The minimum Gasteiger partial charge on any atom is -0.461 e. The molecule has 1 fully saturated rings. The van der Waals surface area contributed by atoms with Gasteiger partial charge in [-0.2, -0.15) is 0 Å². The predicted molar refractivity (Wildman–Crippen MR) is 87.6 cm³/mol. The molecule has 0 aliphatic heterocycles. The van der Waals surface area contributed by atoms with Gasteiger partial charge in [-0.25, -0.2) is 0 Å². The number of carbonyl (C=O) groups is 1. The van der Waals surface area contributed by atoms with Gasteiger partial charge in [0.2, 0.25) is 0 Å². The van der Waals surface area contributed by atoms with E-state index in [1.807, 2.05) is 24.3 Å². The van der Waals surface area contributed by atoms with Crippen LogP contribution < -0.4 is 5.73 Å². The van der Waals surface area contributed by atoms with Crippen molar-refractivity contribution in [2.75, 3.05) is 0 Å². The molecule has 1 aliphatic carbocycles. The van der Waals surface area contributed by atoms with Crippen LogP contribution in [0.15, 0.2) is 28.7 Å². The average molecular weight is 354 g/mol. The molecule has 3 unspecified atom stereocenters. The van der Waals surface area contributed by atoms with Gasteiger partial charge in [-0.15, -0.1) is 0 Å². The van der Waals surface area contributed by atoms with E-state index in [4.69, 9.17) is 10.5 Å². The third-order valence-electron chi connectivity index (χ3n) is 5.06. The van der Waals surface area contributed by atoms with Gasteiger partial charge in [0.05, 0.1) is 5.92 Å². The molecule has 0 aromatic heterocycles. The minimum absolute atomic E-state index is 0.0700. The van der Waals surface area contributed by atoms with E-state index in [1.165, 1.54) is 0 Å². The highest BCUT2D eigenvalue weighted by Crippen LogP contribution is 2.44.